The molecule has 1 aromatic carbocycles. The summed E-state index contributed by atoms with van der Waals surface area (Å²) in [4.78, 5) is 15.0. The van der Waals surface area contributed by atoms with Gasteiger partial charge < -0.3 is 14.8 Å². The molecule has 2 heterocycles. The highest BCUT2D eigenvalue weighted by Gasteiger charge is 2.20. The Kier molecular flexibility index (Phi) is 5.76. The van der Waals surface area contributed by atoms with Crippen LogP contribution in [0.1, 0.15) is 34.5 Å². The molecule has 0 radical (unpaired) electrons. The molecule has 0 aliphatic rings. The van der Waals surface area contributed by atoms with Crippen molar-refractivity contribution in [2.75, 3.05) is 20.6 Å². The van der Waals surface area contributed by atoms with Crippen molar-refractivity contribution in [2.24, 2.45) is 7.05 Å². The normalized spacial score (nSPS) is 12.3. The van der Waals surface area contributed by atoms with Gasteiger partial charge in [0, 0.05) is 26.0 Å². The number of hydrogen-bond donors (Lipinski definition) is 1. The van der Waals surface area contributed by atoms with Crippen molar-refractivity contribution in [1.82, 2.24) is 24.6 Å². The summed E-state index contributed by atoms with van der Waals surface area (Å²) >= 11 is 0. The van der Waals surface area contributed by atoms with Crippen LogP contribution in [0.3, 0.4) is 0 Å². The Morgan fingerprint density at radius 2 is 1.85 bits per heavy atom. The van der Waals surface area contributed by atoms with Gasteiger partial charge in [0.25, 0.3) is 5.91 Å². The predicted molar refractivity (Wildman–Crippen MR) is 107 cm³/mol. The number of carbonyl (C=O) groups is 1. The van der Waals surface area contributed by atoms with Crippen LogP contribution in [0.5, 0.6) is 0 Å². The molecule has 0 spiro atoms. The number of benzene rings is 1. The summed E-state index contributed by atoms with van der Waals surface area (Å²) in [6, 6.07) is 12.5. The molecule has 0 aliphatic heterocycles. The van der Waals surface area contributed by atoms with Crippen LogP contribution in [0.2, 0.25) is 0 Å². The molecule has 3 aromatic rings. The maximum Gasteiger partial charge on any atom is 0.256 e. The van der Waals surface area contributed by atoms with Crippen molar-refractivity contribution in [3.63, 3.8) is 0 Å². The first-order valence-corrected chi connectivity index (χ1v) is 9.20. The minimum Gasteiger partial charge on any atom is -0.350 e. The smallest absolute Gasteiger partial charge is 0.256 e. The zero-order chi connectivity index (χ0) is 19.4. The van der Waals surface area contributed by atoms with Crippen LogP contribution < -0.4 is 5.32 Å². The molecule has 0 bridgehead atoms. The lowest BCUT2D eigenvalue weighted by Gasteiger charge is -2.25. The van der Waals surface area contributed by atoms with Gasteiger partial charge in [0.2, 0.25) is 0 Å². The van der Waals surface area contributed by atoms with Crippen LogP contribution in [0.4, 0.5) is 0 Å². The Balaban J connectivity index is 1.75. The molecule has 0 aliphatic carbocycles. The largest absolute Gasteiger partial charge is 0.350 e. The zero-order valence-corrected chi connectivity index (χ0v) is 16.4. The van der Waals surface area contributed by atoms with Gasteiger partial charge in [-0.05, 0) is 43.8 Å². The lowest BCUT2D eigenvalue weighted by atomic mass is 10.0. The molecule has 142 valence electrons. The fourth-order valence-corrected chi connectivity index (χ4v) is 3.23. The van der Waals surface area contributed by atoms with Gasteiger partial charge in [-0.2, -0.15) is 5.10 Å². The molecule has 0 fully saturated rings. The van der Waals surface area contributed by atoms with E-state index in [0.29, 0.717) is 12.1 Å². The lowest BCUT2D eigenvalue weighted by Crippen LogP contribution is -2.34. The number of aryl methyl sites for hydroxylation is 2. The quantitative estimate of drug-likeness (QED) is 0.700. The van der Waals surface area contributed by atoms with Crippen LogP contribution in [0, 0.1) is 0 Å². The third kappa shape index (κ3) is 4.11. The molecule has 27 heavy (non-hydrogen) atoms. The lowest BCUT2D eigenvalue weighted by molar-refractivity contribution is 0.0942. The van der Waals surface area contributed by atoms with Crippen molar-refractivity contribution in [3.05, 3.63) is 71.7 Å². The third-order valence-electron chi connectivity index (χ3n) is 4.85. The Morgan fingerprint density at radius 3 is 2.44 bits per heavy atom. The maximum atomic E-state index is 12.8. The monoisotopic (exact) mass is 365 g/mol. The fraction of sp³-hybridized carbons (Fsp3) is 0.333. The zero-order valence-electron chi connectivity index (χ0n) is 16.4. The Hall–Kier alpha value is -2.86. The van der Waals surface area contributed by atoms with Crippen LogP contribution in [0.15, 0.2) is 55.0 Å². The van der Waals surface area contributed by atoms with Gasteiger partial charge in [-0.15, -0.1) is 0 Å². The molecule has 0 saturated heterocycles. The van der Waals surface area contributed by atoms with E-state index < -0.39 is 0 Å². The van der Waals surface area contributed by atoms with Gasteiger partial charge in [0.15, 0.2) is 0 Å². The highest BCUT2D eigenvalue weighted by Crippen LogP contribution is 2.19. The third-order valence-corrected chi connectivity index (χ3v) is 4.85. The molecule has 6 nitrogen and oxygen atoms in total. The van der Waals surface area contributed by atoms with E-state index in [2.05, 4.69) is 46.5 Å². The van der Waals surface area contributed by atoms with Crippen molar-refractivity contribution in [1.29, 1.82) is 0 Å². The summed E-state index contributed by atoms with van der Waals surface area (Å²) in [6.45, 7) is 2.67. The van der Waals surface area contributed by atoms with E-state index in [0.717, 1.165) is 12.2 Å². The van der Waals surface area contributed by atoms with E-state index in [9.17, 15) is 4.79 Å². The average molecular weight is 365 g/mol. The van der Waals surface area contributed by atoms with Crippen LogP contribution in [0.25, 0.3) is 5.82 Å². The first-order valence-electron chi connectivity index (χ1n) is 9.20. The molecular formula is C21H27N5O. The number of nitrogens with one attached hydrogen (secondary N) is 1. The Labute approximate surface area is 160 Å². The fourth-order valence-electron chi connectivity index (χ4n) is 3.23. The number of aromatic nitrogens is 3. The second kappa shape index (κ2) is 8.22. The van der Waals surface area contributed by atoms with Gasteiger partial charge in [0.1, 0.15) is 11.4 Å². The summed E-state index contributed by atoms with van der Waals surface area (Å²) in [6.07, 6.45) is 6.45. The minimum atomic E-state index is -0.121. The molecule has 0 saturated carbocycles. The number of amides is 1. The standard InChI is InChI=1S/C21H27N5O/c1-5-16-8-10-17(11-9-16)19(24(2)3)15-22-20(27)18-14-23-25(4)21(18)26-12-6-7-13-26/h6-14,19H,5,15H2,1-4H3,(H,22,27)/t19-/m0/s1. The highest BCUT2D eigenvalue weighted by atomic mass is 16.1. The van der Waals surface area contributed by atoms with E-state index in [1.807, 2.05) is 50.2 Å². The predicted octanol–water partition coefficient (Wildman–Crippen LogP) is 2.81. The summed E-state index contributed by atoms with van der Waals surface area (Å²) < 4.78 is 3.61. The molecule has 2 aromatic heterocycles. The van der Waals surface area contributed by atoms with E-state index in [1.54, 1.807) is 10.9 Å². The van der Waals surface area contributed by atoms with Crippen molar-refractivity contribution < 1.29 is 4.79 Å². The van der Waals surface area contributed by atoms with Crippen molar-refractivity contribution in [3.8, 4) is 5.82 Å². The Morgan fingerprint density at radius 1 is 1.19 bits per heavy atom. The number of carbonyl (C=O) groups excluding carboxylic acids is 1. The van der Waals surface area contributed by atoms with Crippen LogP contribution >= 0.6 is 0 Å². The van der Waals surface area contributed by atoms with E-state index >= 15 is 0 Å². The van der Waals surface area contributed by atoms with E-state index in [-0.39, 0.29) is 11.9 Å². The highest BCUT2D eigenvalue weighted by molar-refractivity contribution is 5.97. The number of hydrogen-bond acceptors (Lipinski definition) is 3. The first kappa shape index (κ1) is 18.9. The van der Waals surface area contributed by atoms with Gasteiger partial charge in [-0.1, -0.05) is 31.2 Å². The summed E-state index contributed by atoms with van der Waals surface area (Å²) in [7, 11) is 5.89. The van der Waals surface area contributed by atoms with Crippen LogP contribution in [-0.4, -0.2) is 45.8 Å². The van der Waals surface area contributed by atoms with E-state index in [1.165, 1.54) is 11.1 Å². The average Bonchev–Trinajstić information content (AvgIpc) is 3.31. The number of rotatable bonds is 7. The van der Waals surface area contributed by atoms with Gasteiger partial charge in [-0.25, -0.2) is 0 Å². The van der Waals surface area contributed by atoms with Gasteiger partial charge >= 0.3 is 0 Å². The minimum absolute atomic E-state index is 0.103. The summed E-state index contributed by atoms with van der Waals surface area (Å²) in [5.74, 6) is 0.634. The first-order chi connectivity index (χ1) is 13.0. The number of nitrogens with zero attached hydrogens (tertiary/aromatic N) is 4. The second-order valence-corrected chi connectivity index (χ2v) is 6.88. The molecule has 6 heteroatoms. The van der Waals surface area contributed by atoms with Crippen molar-refractivity contribution in [2.45, 2.75) is 19.4 Å². The second-order valence-electron chi connectivity index (χ2n) is 6.88. The van der Waals surface area contributed by atoms with Gasteiger partial charge in [-0.3, -0.25) is 9.48 Å². The molecule has 3 rings (SSSR count). The van der Waals surface area contributed by atoms with Crippen LogP contribution in [-0.2, 0) is 13.5 Å². The Bertz CT molecular complexity index is 878. The van der Waals surface area contributed by atoms with E-state index in [4.69, 9.17) is 0 Å². The summed E-state index contributed by atoms with van der Waals surface area (Å²) in [5.41, 5.74) is 3.06. The van der Waals surface area contributed by atoms with Gasteiger partial charge in [0.05, 0.1) is 12.2 Å². The van der Waals surface area contributed by atoms with Crippen molar-refractivity contribution >= 4 is 5.91 Å². The topological polar surface area (TPSA) is 55.1 Å². The summed E-state index contributed by atoms with van der Waals surface area (Å²) in [5, 5.41) is 7.33. The molecule has 1 N–H and O–H groups in total. The SMILES string of the molecule is CCc1ccc([C@H](CNC(=O)c2cnn(C)c2-n2cccc2)N(C)C)cc1. The maximum absolute atomic E-state index is 12.8. The molecule has 1 atom stereocenters. The molecular weight excluding hydrogens is 338 g/mol. The molecule has 0 unspecified atom stereocenters. The molecule has 1 amide bonds. The number of likely N-dealkylation sites (N-methyl/N-ethyl adjacent to an activating group) is 1.